The predicted octanol–water partition coefficient (Wildman–Crippen LogP) is 1.04. The third-order valence-electron chi connectivity index (χ3n) is 1.09. The second-order valence-corrected chi connectivity index (χ2v) is 2.72. The van der Waals surface area contributed by atoms with Gasteiger partial charge in [0, 0.05) is 6.20 Å². The molecule has 0 radical (unpaired) electrons. The molecule has 1 rings (SSSR count). The Kier molecular flexibility index (Phi) is 2.34. The number of rotatable bonds is 1. The van der Waals surface area contributed by atoms with Crippen LogP contribution >= 0.6 is 15.9 Å². The lowest BCUT2D eigenvalue weighted by molar-refractivity contribution is 0.275. The van der Waals surface area contributed by atoms with Gasteiger partial charge in [-0.15, -0.1) is 0 Å². The summed E-state index contributed by atoms with van der Waals surface area (Å²) >= 11 is 3.21. The zero-order valence-corrected chi connectivity index (χ0v) is 7.09. The first-order valence-corrected chi connectivity index (χ1v) is 3.62. The Bertz CT molecular complexity index is 239. The van der Waals surface area contributed by atoms with Crippen molar-refractivity contribution >= 4 is 15.9 Å². The number of hydrogen-bond acceptors (Lipinski definition) is 3. The second kappa shape index (κ2) is 3.07. The van der Waals surface area contributed by atoms with E-state index in [0.29, 0.717) is 11.5 Å². The minimum Gasteiger partial charge on any atom is -0.390 e. The van der Waals surface area contributed by atoms with E-state index in [1.165, 1.54) is 0 Å². The molecule has 0 saturated carbocycles. The largest absolute Gasteiger partial charge is 0.390 e. The first kappa shape index (κ1) is 7.63. The van der Waals surface area contributed by atoms with Crippen LogP contribution in [0, 0.1) is 6.92 Å². The highest BCUT2D eigenvalue weighted by atomic mass is 79.9. The fourth-order valence-electron chi connectivity index (χ4n) is 0.613. The van der Waals surface area contributed by atoms with Crippen LogP contribution in [0.4, 0.5) is 0 Å². The Hall–Kier alpha value is -0.480. The number of aromatic nitrogens is 2. The van der Waals surface area contributed by atoms with Crippen LogP contribution in [-0.2, 0) is 6.61 Å². The van der Waals surface area contributed by atoms with Crippen LogP contribution in [0.25, 0.3) is 0 Å². The summed E-state index contributed by atoms with van der Waals surface area (Å²) in [7, 11) is 0. The topological polar surface area (TPSA) is 46.0 Å². The molecule has 3 nitrogen and oxygen atoms in total. The maximum absolute atomic E-state index is 8.72. The van der Waals surface area contributed by atoms with Crippen molar-refractivity contribution in [3.63, 3.8) is 0 Å². The molecule has 4 heteroatoms. The average Bonchev–Trinajstić information content (AvgIpc) is 1.94. The van der Waals surface area contributed by atoms with Gasteiger partial charge in [0.1, 0.15) is 5.82 Å². The van der Waals surface area contributed by atoms with E-state index >= 15 is 0 Å². The van der Waals surface area contributed by atoms with Gasteiger partial charge in [0.2, 0.25) is 0 Å². The van der Waals surface area contributed by atoms with E-state index in [9.17, 15) is 0 Å². The van der Waals surface area contributed by atoms with Gasteiger partial charge in [-0.1, -0.05) is 0 Å². The molecule has 0 saturated heterocycles. The Balaban J connectivity index is 3.09. The van der Waals surface area contributed by atoms with Crippen LogP contribution in [0.5, 0.6) is 0 Å². The van der Waals surface area contributed by atoms with Gasteiger partial charge in [-0.3, -0.25) is 0 Å². The number of aliphatic hydroxyl groups is 1. The first-order chi connectivity index (χ1) is 4.74. The molecule has 0 amide bonds. The van der Waals surface area contributed by atoms with Crippen molar-refractivity contribution in [3.05, 3.63) is 22.2 Å². The van der Waals surface area contributed by atoms with E-state index in [1.54, 1.807) is 13.1 Å². The molecule has 0 aliphatic rings. The molecule has 0 fully saturated rings. The lowest BCUT2D eigenvalue weighted by Crippen LogP contribution is -1.95. The number of halogens is 1. The Morgan fingerprint density at radius 3 is 2.90 bits per heavy atom. The van der Waals surface area contributed by atoms with Crippen LogP contribution in [0.3, 0.4) is 0 Å². The molecule has 54 valence electrons. The molecule has 0 bridgehead atoms. The summed E-state index contributed by atoms with van der Waals surface area (Å²) in [5.74, 6) is 0.673. The molecular weight excluding hydrogens is 196 g/mol. The summed E-state index contributed by atoms with van der Waals surface area (Å²) in [6, 6.07) is 0. The van der Waals surface area contributed by atoms with Gasteiger partial charge in [-0.25, -0.2) is 9.97 Å². The van der Waals surface area contributed by atoms with E-state index < -0.39 is 0 Å². The number of aryl methyl sites for hydroxylation is 1. The van der Waals surface area contributed by atoms with E-state index in [1.807, 2.05) is 0 Å². The molecule has 0 atom stereocenters. The zero-order chi connectivity index (χ0) is 7.56. The van der Waals surface area contributed by atoms with Crippen LogP contribution in [0.1, 0.15) is 11.5 Å². The lowest BCUT2D eigenvalue weighted by Gasteiger charge is -1.98. The molecule has 0 aliphatic heterocycles. The van der Waals surface area contributed by atoms with Crippen LogP contribution in [0.15, 0.2) is 10.7 Å². The molecule has 0 spiro atoms. The van der Waals surface area contributed by atoms with Crippen LogP contribution in [-0.4, -0.2) is 15.1 Å². The molecule has 1 heterocycles. The first-order valence-electron chi connectivity index (χ1n) is 2.83. The summed E-state index contributed by atoms with van der Waals surface area (Å²) in [6.07, 6.45) is 1.63. The molecule has 1 N–H and O–H groups in total. The summed E-state index contributed by atoms with van der Waals surface area (Å²) < 4.78 is 0.751. The molecule has 1 aromatic rings. The highest BCUT2D eigenvalue weighted by molar-refractivity contribution is 9.10. The molecule has 0 aliphatic carbocycles. The molecule has 10 heavy (non-hydrogen) atoms. The molecular formula is C6H7BrN2O. The maximum atomic E-state index is 8.72. The van der Waals surface area contributed by atoms with Gasteiger partial charge in [-0.05, 0) is 22.9 Å². The van der Waals surface area contributed by atoms with Crippen molar-refractivity contribution in [2.75, 3.05) is 0 Å². The van der Waals surface area contributed by atoms with E-state index in [4.69, 9.17) is 5.11 Å². The third-order valence-corrected chi connectivity index (χ3v) is 1.75. The number of nitrogens with zero attached hydrogens (tertiary/aromatic N) is 2. The van der Waals surface area contributed by atoms with E-state index in [0.717, 1.165) is 4.47 Å². The van der Waals surface area contributed by atoms with Gasteiger partial charge in [0.15, 0.2) is 0 Å². The highest BCUT2D eigenvalue weighted by Gasteiger charge is 1.99. The van der Waals surface area contributed by atoms with Gasteiger partial charge in [0.25, 0.3) is 0 Å². The molecule has 1 aromatic heterocycles. The Labute approximate surface area is 67.3 Å². The molecule has 0 aromatic carbocycles. The average molecular weight is 203 g/mol. The van der Waals surface area contributed by atoms with Gasteiger partial charge in [-0.2, -0.15) is 0 Å². The highest BCUT2D eigenvalue weighted by Crippen LogP contribution is 2.12. The third kappa shape index (κ3) is 1.52. The minimum atomic E-state index is -0.0516. The Morgan fingerprint density at radius 1 is 1.70 bits per heavy atom. The lowest BCUT2D eigenvalue weighted by atomic mass is 10.4. The smallest absolute Gasteiger partial charge is 0.125 e. The maximum Gasteiger partial charge on any atom is 0.125 e. The van der Waals surface area contributed by atoms with Crippen molar-refractivity contribution in [1.82, 2.24) is 9.97 Å². The normalized spacial score (nSPS) is 9.90. The van der Waals surface area contributed by atoms with Gasteiger partial charge in [0.05, 0.1) is 16.8 Å². The van der Waals surface area contributed by atoms with Crippen molar-refractivity contribution in [2.45, 2.75) is 13.5 Å². The predicted molar refractivity (Wildman–Crippen MR) is 40.4 cm³/mol. The van der Waals surface area contributed by atoms with Crippen molar-refractivity contribution in [2.24, 2.45) is 0 Å². The SMILES string of the molecule is Cc1ncc(Br)c(CO)n1. The summed E-state index contributed by atoms with van der Waals surface area (Å²) in [4.78, 5) is 7.90. The summed E-state index contributed by atoms with van der Waals surface area (Å²) in [5.41, 5.74) is 0.632. The quantitative estimate of drug-likeness (QED) is 0.741. The van der Waals surface area contributed by atoms with E-state index in [2.05, 4.69) is 25.9 Å². The minimum absolute atomic E-state index is 0.0516. The number of hydrogen-bond donors (Lipinski definition) is 1. The van der Waals surface area contributed by atoms with Gasteiger partial charge >= 0.3 is 0 Å². The van der Waals surface area contributed by atoms with Crippen LogP contribution < -0.4 is 0 Å². The summed E-state index contributed by atoms with van der Waals surface area (Å²) in [5, 5.41) is 8.72. The van der Waals surface area contributed by atoms with Crippen molar-refractivity contribution in [3.8, 4) is 0 Å². The Morgan fingerprint density at radius 2 is 2.40 bits per heavy atom. The molecule has 0 unspecified atom stereocenters. The van der Waals surface area contributed by atoms with Crippen molar-refractivity contribution < 1.29 is 5.11 Å². The number of aliphatic hydroxyl groups excluding tert-OH is 1. The standard InChI is InChI=1S/C6H7BrN2O/c1-4-8-2-5(7)6(3-10)9-4/h2,10H,3H2,1H3. The zero-order valence-electron chi connectivity index (χ0n) is 5.50. The van der Waals surface area contributed by atoms with E-state index in [-0.39, 0.29) is 6.61 Å². The van der Waals surface area contributed by atoms with Crippen LogP contribution in [0.2, 0.25) is 0 Å². The second-order valence-electron chi connectivity index (χ2n) is 1.87. The van der Waals surface area contributed by atoms with Gasteiger partial charge < -0.3 is 5.11 Å². The fourth-order valence-corrected chi connectivity index (χ4v) is 0.929. The fraction of sp³-hybridized carbons (Fsp3) is 0.333. The monoisotopic (exact) mass is 202 g/mol. The van der Waals surface area contributed by atoms with Crippen molar-refractivity contribution in [1.29, 1.82) is 0 Å². The summed E-state index contributed by atoms with van der Waals surface area (Å²) in [6.45, 7) is 1.73.